The number of hydrogen-bond acceptors (Lipinski definition) is 5. The number of aliphatic hydroxyl groups excluding tert-OH is 1. The van der Waals surface area contributed by atoms with E-state index < -0.39 is 6.10 Å². The summed E-state index contributed by atoms with van der Waals surface area (Å²) in [6, 6.07) is 3.80. The highest BCUT2D eigenvalue weighted by Crippen LogP contribution is 2.26. The highest BCUT2D eigenvalue weighted by atomic mass is 32.2. The van der Waals surface area contributed by atoms with Crippen LogP contribution in [0, 0.1) is 12.7 Å². The van der Waals surface area contributed by atoms with Crippen LogP contribution in [0.2, 0.25) is 0 Å². The molecule has 26 heavy (non-hydrogen) atoms. The van der Waals surface area contributed by atoms with Crippen molar-refractivity contribution in [1.29, 1.82) is 0 Å². The zero-order chi connectivity index (χ0) is 18.8. The molecule has 0 spiro atoms. The van der Waals surface area contributed by atoms with Crippen molar-refractivity contribution in [3.05, 3.63) is 35.1 Å². The van der Waals surface area contributed by atoms with Crippen molar-refractivity contribution in [1.82, 2.24) is 9.80 Å². The molecule has 1 aromatic carbocycles. The third-order valence-electron chi connectivity index (χ3n) is 4.96. The standard InChI is InChI=1S/C18H23FN2O4S/c1-11-7-12(3-4-13(11)19)17(23)20-5-6-21(15-9-25-8-14(15)20)18(24)16(22)10-26-2/h3-4,7,14-16,22H,5-6,8-10H2,1-2H3/t14-,15+,16?/m1/s1. The molecule has 0 aliphatic carbocycles. The first-order chi connectivity index (χ1) is 12.4. The SMILES string of the molecule is CSCC(O)C(=O)N1CCN(C(=O)c2ccc(F)c(C)c2)[C@@H]2COC[C@@H]21. The van der Waals surface area contributed by atoms with E-state index in [2.05, 4.69) is 0 Å². The number of aliphatic hydroxyl groups is 1. The summed E-state index contributed by atoms with van der Waals surface area (Å²) < 4.78 is 19.0. The predicted molar refractivity (Wildman–Crippen MR) is 96.7 cm³/mol. The Hall–Kier alpha value is -1.64. The molecule has 6 nitrogen and oxygen atoms in total. The Labute approximate surface area is 156 Å². The number of nitrogens with zero attached hydrogens (tertiary/aromatic N) is 2. The first-order valence-corrected chi connectivity index (χ1v) is 9.95. The number of carbonyl (C=O) groups excluding carboxylic acids is 2. The van der Waals surface area contributed by atoms with Crippen molar-refractivity contribution < 1.29 is 23.8 Å². The molecule has 2 saturated heterocycles. The molecule has 2 fully saturated rings. The molecule has 3 atom stereocenters. The lowest BCUT2D eigenvalue weighted by molar-refractivity contribution is -0.144. The normalized spacial score (nSPS) is 23.7. The maximum absolute atomic E-state index is 13.5. The second-order valence-electron chi connectivity index (χ2n) is 6.64. The van der Waals surface area contributed by atoms with Crippen molar-refractivity contribution in [3.8, 4) is 0 Å². The van der Waals surface area contributed by atoms with Crippen molar-refractivity contribution in [2.75, 3.05) is 38.3 Å². The van der Waals surface area contributed by atoms with Crippen LogP contribution in [-0.4, -0.2) is 83.2 Å². The summed E-state index contributed by atoms with van der Waals surface area (Å²) in [4.78, 5) is 28.8. The number of amides is 2. The van der Waals surface area contributed by atoms with Gasteiger partial charge in [0.25, 0.3) is 11.8 Å². The lowest BCUT2D eigenvalue weighted by Gasteiger charge is -2.44. The van der Waals surface area contributed by atoms with Crippen molar-refractivity contribution in [3.63, 3.8) is 0 Å². The van der Waals surface area contributed by atoms with Crippen LogP contribution in [0.4, 0.5) is 4.39 Å². The maximum atomic E-state index is 13.5. The van der Waals surface area contributed by atoms with Crippen LogP contribution < -0.4 is 0 Å². The largest absolute Gasteiger partial charge is 0.382 e. The fourth-order valence-corrected chi connectivity index (χ4v) is 4.02. The van der Waals surface area contributed by atoms with Gasteiger partial charge in [-0.1, -0.05) is 0 Å². The molecule has 1 aromatic rings. The lowest BCUT2D eigenvalue weighted by Crippen LogP contribution is -2.63. The lowest BCUT2D eigenvalue weighted by atomic mass is 10.0. The van der Waals surface area contributed by atoms with Gasteiger partial charge in [-0.25, -0.2) is 4.39 Å². The number of aryl methyl sites for hydroxylation is 1. The molecule has 2 heterocycles. The number of fused-ring (bicyclic) bond motifs is 1. The molecule has 0 bridgehead atoms. The van der Waals surface area contributed by atoms with E-state index in [1.807, 2.05) is 6.26 Å². The molecular weight excluding hydrogens is 359 g/mol. The summed E-state index contributed by atoms with van der Waals surface area (Å²) in [5.74, 6) is -0.512. The number of ether oxygens (including phenoxy) is 1. The molecule has 1 N–H and O–H groups in total. The number of benzene rings is 1. The molecule has 8 heteroatoms. The van der Waals surface area contributed by atoms with Gasteiger partial charge in [0.15, 0.2) is 0 Å². The van der Waals surface area contributed by atoms with Gasteiger partial charge in [-0.15, -0.1) is 0 Å². The molecule has 142 valence electrons. The first-order valence-electron chi connectivity index (χ1n) is 8.56. The minimum Gasteiger partial charge on any atom is -0.382 e. The molecule has 2 aliphatic rings. The zero-order valence-electron chi connectivity index (χ0n) is 14.9. The Morgan fingerprint density at radius 3 is 2.62 bits per heavy atom. The van der Waals surface area contributed by atoms with Gasteiger partial charge in [0.05, 0.1) is 25.3 Å². The molecular formula is C18H23FN2O4S. The highest BCUT2D eigenvalue weighted by molar-refractivity contribution is 7.98. The molecule has 0 aromatic heterocycles. The molecule has 2 amide bonds. The number of piperazine rings is 1. The molecule has 3 rings (SSSR count). The van der Waals surface area contributed by atoms with E-state index in [-0.39, 0.29) is 29.7 Å². The summed E-state index contributed by atoms with van der Waals surface area (Å²) in [5, 5.41) is 10.0. The van der Waals surface area contributed by atoms with Gasteiger partial charge in [0, 0.05) is 24.4 Å². The first kappa shape index (κ1) is 19.1. The Morgan fingerprint density at radius 1 is 1.31 bits per heavy atom. The van der Waals surface area contributed by atoms with Gasteiger partial charge >= 0.3 is 0 Å². The molecule has 0 saturated carbocycles. The number of hydrogen-bond donors (Lipinski definition) is 1. The van der Waals surface area contributed by atoms with Gasteiger partial charge in [-0.3, -0.25) is 9.59 Å². The van der Waals surface area contributed by atoms with Crippen molar-refractivity contribution in [2.24, 2.45) is 0 Å². The summed E-state index contributed by atoms with van der Waals surface area (Å²) in [6.45, 7) is 3.02. The third-order valence-corrected chi connectivity index (χ3v) is 5.61. The van der Waals surface area contributed by atoms with Crippen LogP contribution in [0.1, 0.15) is 15.9 Å². The van der Waals surface area contributed by atoms with Crippen LogP contribution in [0.3, 0.4) is 0 Å². The second-order valence-corrected chi connectivity index (χ2v) is 7.55. The predicted octanol–water partition coefficient (Wildman–Crippen LogP) is 0.910. The number of thioether (sulfide) groups is 1. The average molecular weight is 382 g/mol. The molecule has 1 unspecified atom stereocenters. The van der Waals surface area contributed by atoms with E-state index in [1.54, 1.807) is 22.8 Å². The molecule has 0 radical (unpaired) electrons. The minimum absolute atomic E-state index is 0.189. The van der Waals surface area contributed by atoms with Gasteiger partial charge in [0.1, 0.15) is 11.9 Å². The maximum Gasteiger partial charge on any atom is 0.254 e. The van der Waals surface area contributed by atoms with E-state index in [4.69, 9.17) is 4.74 Å². The van der Waals surface area contributed by atoms with E-state index >= 15 is 0 Å². The average Bonchev–Trinajstić information content (AvgIpc) is 3.12. The summed E-state index contributed by atoms with van der Waals surface area (Å²) >= 11 is 1.41. The van der Waals surface area contributed by atoms with Crippen molar-refractivity contribution in [2.45, 2.75) is 25.1 Å². The Kier molecular flexibility index (Phi) is 5.84. The fraction of sp³-hybridized carbons (Fsp3) is 0.556. The van der Waals surface area contributed by atoms with E-state index in [1.165, 1.54) is 23.9 Å². The van der Waals surface area contributed by atoms with E-state index in [9.17, 15) is 19.1 Å². The van der Waals surface area contributed by atoms with Crippen LogP contribution >= 0.6 is 11.8 Å². The summed E-state index contributed by atoms with van der Waals surface area (Å²) in [7, 11) is 0. The number of carbonyl (C=O) groups is 2. The quantitative estimate of drug-likeness (QED) is 0.838. The van der Waals surface area contributed by atoms with Gasteiger partial charge in [-0.2, -0.15) is 11.8 Å². The van der Waals surface area contributed by atoms with Crippen LogP contribution in [0.15, 0.2) is 18.2 Å². The number of halogens is 1. The van der Waals surface area contributed by atoms with Crippen LogP contribution in [0.5, 0.6) is 0 Å². The van der Waals surface area contributed by atoms with Gasteiger partial charge in [-0.05, 0) is 36.9 Å². The van der Waals surface area contributed by atoms with Crippen LogP contribution in [-0.2, 0) is 9.53 Å². The number of rotatable bonds is 4. The van der Waals surface area contributed by atoms with E-state index in [0.717, 1.165) is 0 Å². The summed E-state index contributed by atoms with van der Waals surface area (Å²) in [5.41, 5.74) is 0.848. The Morgan fingerprint density at radius 2 is 1.96 bits per heavy atom. The second kappa shape index (κ2) is 7.94. The topological polar surface area (TPSA) is 70.1 Å². The summed E-state index contributed by atoms with van der Waals surface area (Å²) in [6.07, 6.45) is 0.785. The van der Waals surface area contributed by atoms with Gasteiger partial charge in [0.2, 0.25) is 0 Å². The zero-order valence-corrected chi connectivity index (χ0v) is 15.7. The highest BCUT2D eigenvalue weighted by Gasteiger charge is 2.45. The molecule has 2 aliphatic heterocycles. The van der Waals surface area contributed by atoms with Gasteiger partial charge < -0.3 is 19.6 Å². The van der Waals surface area contributed by atoms with Crippen LogP contribution in [0.25, 0.3) is 0 Å². The minimum atomic E-state index is -1.05. The monoisotopic (exact) mass is 382 g/mol. The Bertz CT molecular complexity index is 702. The van der Waals surface area contributed by atoms with Crippen molar-refractivity contribution >= 4 is 23.6 Å². The third kappa shape index (κ3) is 3.58. The fourth-order valence-electron chi connectivity index (χ4n) is 3.56. The Balaban J connectivity index is 1.77. The van der Waals surface area contributed by atoms with E-state index in [0.29, 0.717) is 43.2 Å². The smallest absolute Gasteiger partial charge is 0.254 e.